The maximum atomic E-state index is 5.18. The lowest BCUT2D eigenvalue weighted by molar-refractivity contribution is 0.695. The number of anilines is 1. The minimum absolute atomic E-state index is 0.623. The predicted octanol–water partition coefficient (Wildman–Crippen LogP) is 14.1. The van der Waals surface area contributed by atoms with Gasteiger partial charge in [0.05, 0.1) is 16.4 Å². The van der Waals surface area contributed by atoms with Gasteiger partial charge in [-0.25, -0.2) is 15.0 Å². The molecular formula is C59H45N5. The standard InChI is InChI=1S/C59H45N5/c1-4-48(41-33-36-47(37-34-41)64-52-31-19-17-29-49(52)50-30-18-20-32-53(50)64)55-40(2)59(45-25-13-7-14-26-45,46-27-15-8-16-28-46)51-39-44(35-38-54(51)63(55)3)58-61-56(42-21-9-5-10-22-42)60-57(62-58)43-23-11-6-12-24-43/h4-39H,1-3H3/b48-4-. The zero-order valence-corrected chi connectivity index (χ0v) is 36.0. The Kier molecular flexibility index (Phi) is 9.66. The first-order valence-corrected chi connectivity index (χ1v) is 21.9. The molecule has 0 spiro atoms. The second kappa shape index (κ2) is 16.0. The van der Waals surface area contributed by atoms with Crippen molar-refractivity contribution in [2.75, 3.05) is 11.9 Å². The number of hydrogen-bond donors (Lipinski definition) is 0. The summed E-state index contributed by atoms with van der Waals surface area (Å²) in [5.74, 6) is 1.90. The quantitative estimate of drug-likeness (QED) is 0.153. The number of allylic oxidation sites excluding steroid dienone is 3. The zero-order valence-electron chi connectivity index (χ0n) is 36.0. The van der Waals surface area contributed by atoms with Gasteiger partial charge in [-0.05, 0) is 84.1 Å². The Hall–Kier alpha value is -8.15. The van der Waals surface area contributed by atoms with E-state index in [1.165, 1.54) is 38.5 Å². The van der Waals surface area contributed by atoms with Crippen LogP contribution < -0.4 is 4.90 Å². The first-order valence-electron chi connectivity index (χ1n) is 21.9. The van der Waals surface area contributed by atoms with Crippen LogP contribution in [0.3, 0.4) is 0 Å². The molecule has 2 aromatic heterocycles. The summed E-state index contributed by atoms with van der Waals surface area (Å²) in [5, 5.41) is 2.51. The first-order chi connectivity index (χ1) is 31.5. The van der Waals surface area contributed by atoms with E-state index in [1.54, 1.807) is 0 Å². The highest BCUT2D eigenvalue weighted by Crippen LogP contribution is 2.55. The van der Waals surface area contributed by atoms with Crippen molar-refractivity contribution < 1.29 is 0 Å². The zero-order chi connectivity index (χ0) is 43.2. The Morgan fingerprint density at radius 1 is 0.484 bits per heavy atom. The van der Waals surface area contributed by atoms with Gasteiger partial charge >= 0.3 is 0 Å². The molecule has 0 fully saturated rings. The van der Waals surface area contributed by atoms with E-state index in [4.69, 9.17) is 15.0 Å². The molecule has 8 aromatic carbocycles. The molecule has 1 aliphatic rings. The molecule has 3 heterocycles. The van der Waals surface area contributed by atoms with Crippen molar-refractivity contribution in [1.82, 2.24) is 19.5 Å². The van der Waals surface area contributed by atoms with E-state index in [9.17, 15) is 0 Å². The van der Waals surface area contributed by atoms with Crippen molar-refractivity contribution >= 4 is 33.1 Å². The second-order valence-corrected chi connectivity index (χ2v) is 16.4. The summed E-state index contributed by atoms with van der Waals surface area (Å²) in [4.78, 5) is 17.7. The third kappa shape index (κ3) is 6.27. The Morgan fingerprint density at radius 3 is 1.44 bits per heavy atom. The van der Waals surface area contributed by atoms with Crippen LogP contribution in [0.1, 0.15) is 36.1 Å². The van der Waals surface area contributed by atoms with Crippen LogP contribution in [-0.2, 0) is 5.41 Å². The van der Waals surface area contributed by atoms with Crippen LogP contribution in [-0.4, -0.2) is 26.6 Å². The average molecular weight is 824 g/mol. The molecule has 11 rings (SSSR count). The Bertz CT molecular complexity index is 3240. The molecule has 0 N–H and O–H groups in total. The second-order valence-electron chi connectivity index (χ2n) is 16.4. The number of aromatic nitrogens is 4. The van der Waals surface area contributed by atoms with Gasteiger partial charge in [-0.3, -0.25) is 0 Å². The molecular weight excluding hydrogens is 779 g/mol. The molecule has 0 aliphatic carbocycles. The summed E-state index contributed by atoms with van der Waals surface area (Å²) in [7, 11) is 2.21. The fourth-order valence-corrected chi connectivity index (χ4v) is 10.1. The summed E-state index contributed by atoms with van der Waals surface area (Å²) in [6.07, 6.45) is 2.27. The largest absolute Gasteiger partial charge is 0.344 e. The molecule has 0 radical (unpaired) electrons. The Morgan fingerprint density at radius 2 is 0.938 bits per heavy atom. The number of likely N-dealkylation sites (N-methyl/N-ethyl adjacent to an activating group) is 1. The van der Waals surface area contributed by atoms with E-state index in [0.717, 1.165) is 50.5 Å². The first kappa shape index (κ1) is 38.7. The van der Waals surface area contributed by atoms with Crippen LogP contribution in [0.2, 0.25) is 0 Å². The fourth-order valence-electron chi connectivity index (χ4n) is 10.1. The van der Waals surface area contributed by atoms with Gasteiger partial charge in [0.2, 0.25) is 0 Å². The molecule has 0 amide bonds. The van der Waals surface area contributed by atoms with Crippen molar-refractivity contribution in [3.63, 3.8) is 0 Å². The smallest absolute Gasteiger partial charge is 0.164 e. The van der Waals surface area contributed by atoms with Gasteiger partial charge in [0.25, 0.3) is 0 Å². The molecule has 0 saturated carbocycles. The maximum absolute atomic E-state index is 5.18. The van der Waals surface area contributed by atoms with Gasteiger partial charge in [-0.2, -0.15) is 0 Å². The SMILES string of the molecule is C/C=C(\C1=C(C)C(c2ccccc2)(c2ccccc2)c2cc(-c3nc(-c4ccccc4)nc(-c4ccccc4)n3)ccc2N1C)c1ccc(-n2c3ccccc3c3ccccc32)cc1. The summed E-state index contributed by atoms with van der Waals surface area (Å²) < 4.78 is 2.38. The summed E-state index contributed by atoms with van der Waals surface area (Å²) in [6, 6.07) is 75.5. The monoisotopic (exact) mass is 823 g/mol. The van der Waals surface area contributed by atoms with Gasteiger partial charge in [-0.15, -0.1) is 0 Å². The molecule has 0 atom stereocenters. The van der Waals surface area contributed by atoms with Gasteiger partial charge in [-0.1, -0.05) is 176 Å². The van der Waals surface area contributed by atoms with Crippen LogP contribution in [0.15, 0.2) is 230 Å². The van der Waals surface area contributed by atoms with Crippen molar-refractivity contribution in [1.29, 1.82) is 0 Å². The molecule has 0 unspecified atom stereocenters. The minimum Gasteiger partial charge on any atom is -0.344 e. The third-order valence-corrected chi connectivity index (χ3v) is 12.9. The summed E-state index contributed by atoms with van der Waals surface area (Å²) in [5.41, 5.74) is 15.0. The van der Waals surface area contributed by atoms with Crippen LogP contribution in [0.5, 0.6) is 0 Å². The number of hydrogen-bond acceptors (Lipinski definition) is 4. The molecule has 306 valence electrons. The van der Waals surface area contributed by atoms with Gasteiger partial charge in [0.15, 0.2) is 17.5 Å². The van der Waals surface area contributed by atoms with E-state index in [-0.39, 0.29) is 0 Å². The lowest BCUT2D eigenvalue weighted by Gasteiger charge is -2.47. The average Bonchev–Trinajstić information content (AvgIpc) is 3.71. The van der Waals surface area contributed by atoms with Crippen LogP contribution in [0.25, 0.3) is 67.2 Å². The van der Waals surface area contributed by atoms with Gasteiger partial charge in [0, 0.05) is 57.2 Å². The highest BCUT2D eigenvalue weighted by Gasteiger charge is 2.46. The fraction of sp³-hybridized carbons (Fsp3) is 0.0678. The lowest BCUT2D eigenvalue weighted by atomic mass is 9.61. The summed E-state index contributed by atoms with van der Waals surface area (Å²) in [6.45, 7) is 4.48. The van der Waals surface area contributed by atoms with Gasteiger partial charge in [0.1, 0.15) is 0 Å². The number of rotatable bonds is 8. The molecule has 1 aliphatic heterocycles. The van der Waals surface area contributed by atoms with Crippen LogP contribution in [0.4, 0.5) is 5.69 Å². The molecule has 10 aromatic rings. The highest BCUT2D eigenvalue weighted by molar-refractivity contribution is 6.09. The maximum Gasteiger partial charge on any atom is 0.164 e. The van der Waals surface area contributed by atoms with E-state index in [0.29, 0.717) is 17.5 Å². The summed E-state index contributed by atoms with van der Waals surface area (Å²) >= 11 is 0. The van der Waals surface area contributed by atoms with Crippen molar-refractivity contribution in [2.45, 2.75) is 19.3 Å². The van der Waals surface area contributed by atoms with Crippen LogP contribution in [0, 0.1) is 0 Å². The van der Waals surface area contributed by atoms with E-state index < -0.39 is 5.41 Å². The van der Waals surface area contributed by atoms with Crippen LogP contribution >= 0.6 is 0 Å². The van der Waals surface area contributed by atoms with E-state index in [1.807, 2.05) is 36.4 Å². The number of fused-ring (bicyclic) bond motifs is 4. The molecule has 64 heavy (non-hydrogen) atoms. The van der Waals surface area contributed by atoms with Gasteiger partial charge < -0.3 is 9.47 Å². The Labute approximate surface area is 374 Å². The van der Waals surface area contributed by atoms with Crippen molar-refractivity contribution in [2.24, 2.45) is 0 Å². The highest BCUT2D eigenvalue weighted by atomic mass is 15.1. The molecule has 5 nitrogen and oxygen atoms in total. The Balaban J connectivity index is 1.11. The predicted molar refractivity (Wildman–Crippen MR) is 264 cm³/mol. The topological polar surface area (TPSA) is 46.8 Å². The van der Waals surface area contributed by atoms with E-state index >= 15 is 0 Å². The van der Waals surface area contributed by atoms with Crippen molar-refractivity contribution in [3.8, 4) is 39.9 Å². The molecule has 0 bridgehead atoms. The van der Waals surface area contributed by atoms with E-state index in [2.05, 4.69) is 212 Å². The number of benzene rings is 8. The third-order valence-electron chi connectivity index (χ3n) is 12.9. The lowest BCUT2D eigenvalue weighted by Crippen LogP contribution is -2.40. The molecule has 0 saturated heterocycles. The normalized spacial score (nSPS) is 13.7. The minimum atomic E-state index is -0.676. The number of para-hydroxylation sites is 2. The number of nitrogens with zero attached hydrogens (tertiary/aromatic N) is 5. The van der Waals surface area contributed by atoms with Crippen molar-refractivity contribution in [3.05, 3.63) is 252 Å². The molecule has 5 heteroatoms.